The molecule has 0 saturated carbocycles. The molecule has 0 aliphatic carbocycles. The summed E-state index contributed by atoms with van der Waals surface area (Å²) in [7, 11) is 0. The first-order valence-electron chi connectivity index (χ1n) is 7.05. The number of nitrogens with zero attached hydrogens (tertiary/aromatic N) is 1. The minimum absolute atomic E-state index is 0.336. The van der Waals surface area contributed by atoms with Gasteiger partial charge in [0.05, 0.1) is 16.8 Å². The first kappa shape index (κ1) is 17.5. The fraction of sp³-hybridized carbons (Fsp3) is 0.118. The molecule has 7 heteroatoms. The van der Waals surface area contributed by atoms with Gasteiger partial charge in [0.15, 0.2) is 6.10 Å². The van der Waals surface area contributed by atoms with E-state index < -0.39 is 18.0 Å². The summed E-state index contributed by atoms with van der Waals surface area (Å²) < 4.78 is 5.22. The van der Waals surface area contributed by atoms with Gasteiger partial charge in [-0.25, -0.2) is 10.2 Å². The summed E-state index contributed by atoms with van der Waals surface area (Å²) in [4.78, 5) is 22.6. The van der Waals surface area contributed by atoms with Crippen LogP contribution in [0.15, 0.2) is 53.6 Å². The predicted octanol–water partition coefficient (Wildman–Crippen LogP) is 2.96. The molecule has 0 aliphatic heterocycles. The molecule has 0 aliphatic rings. The molecule has 6 nitrogen and oxygen atoms in total. The molecule has 0 saturated heterocycles. The molecule has 2 rings (SSSR count). The molecule has 2 aromatic rings. The third kappa shape index (κ3) is 4.82. The zero-order chi connectivity index (χ0) is 17.5. The number of carbonyl (C=O) groups is 2. The number of hydrogen-bond donors (Lipinski definition) is 2. The van der Waals surface area contributed by atoms with Crippen molar-refractivity contribution < 1.29 is 19.4 Å². The van der Waals surface area contributed by atoms with E-state index in [9.17, 15) is 9.59 Å². The second-order valence-corrected chi connectivity index (χ2v) is 5.25. The highest BCUT2D eigenvalue weighted by Crippen LogP contribution is 2.15. The molecule has 2 N–H and O–H groups in total. The van der Waals surface area contributed by atoms with E-state index in [4.69, 9.17) is 21.4 Å². The number of rotatable bonds is 6. The number of hydrogen-bond acceptors (Lipinski definition) is 4. The van der Waals surface area contributed by atoms with Gasteiger partial charge < -0.3 is 9.84 Å². The minimum atomic E-state index is -1.04. The molecule has 1 unspecified atom stereocenters. The molecule has 0 aromatic heterocycles. The number of hydrazone groups is 1. The molecule has 24 heavy (non-hydrogen) atoms. The Morgan fingerprint density at radius 2 is 1.88 bits per heavy atom. The highest BCUT2D eigenvalue weighted by molar-refractivity contribution is 6.33. The Kier molecular flexibility index (Phi) is 5.92. The van der Waals surface area contributed by atoms with Crippen molar-refractivity contribution >= 4 is 29.7 Å². The van der Waals surface area contributed by atoms with Crippen molar-refractivity contribution in [2.45, 2.75) is 13.0 Å². The van der Waals surface area contributed by atoms with E-state index >= 15 is 0 Å². The van der Waals surface area contributed by atoms with Gasteiger partial charge in [-0.2, -0.15) is 5.10 Å². The number of carboxylic acid groups (broad SMARTS) is 1. The second-order valence-electron chi connectivity index (χ2n) is 4.85. The quantitative estimate of drug-likeness (QED) is 0.621. The van der Waals surface area contributed by atoms with E-state index in [1.165, 1.54) is 13.1 Å². The zero-order valence-electron chi connectivity index (χ0n) is 12.8. The first-order valence-corrected chi connectivity index (χ1v) is 7.42. The molecule has 0 bridgehead atoms. The summed E-state index contributed by atoms with van der Waals surface area (Å²) in [6, 6.07) is 13.3. The van der Waals surface area contributed by atoms with Crippen molar-refractivity contribution in [2.75, 3.05) is 0 Å². The molecule has 0 fully saturated rings. The van der Waals surface area contributed by atoms with E-state index in [0.29, 0.717) is 21.9 Å². The Bertz CT molecular complexity index is 759. The number of amides is 1. The van der Waals surface area contributed by atoms with Crippen molar-refractivity contribution in [3.8, 4) is 5.75 Å². The molecule has 0 heterocycles. The molecule has 124 valence electrons. The number of carboxylic acids is 1. The number of carbonyl (C=O) groups excluding carboxylic acids is 1. The van der Waals surface area contributed by atoms with Gasteiger partial charge >= 0.3 is 5.97 Å². The standard InChI is InChI=1S/C17H15ClN2O4/c1-11(17(22)23)24-13-8-6-12(7-9-13)10-19-20-16(21)14-4-2-3-5-15(14)18/h2-11H,1H3,(H,20,21)(H,22,23)/b19-10+. The Labute approximate surface area is 143 Å². The van der Waals surface area contributed by atoms with Gasteiger partial charge in [-0.05, 0) is 48.9 Å². The Morgan fingerprint density at radius 1 is 1.21 bits per heavy atom. The lowest BCUT2D eigenvalue weighted by molar-refractivity contribution is -0.144. The monoisotopic (exact) mass is 346 g/mol. The van der Waals surface area contributed by atoms with Gasteiger partial charge in [-0.3, -0.25) is 4.79 Å². The van der Waals surface area contributed by atoms with Gasteiger partial charge in [0, 0.05) is 0 Å². The molecule has 2 aromatic carbocycles. The van der Waals surface area contributed by atoms with E-state index in [1.807, 2.05) is 0 Å². The summed E-state index contributed by atoms with van der Waals surface area (Å²) in [5.74, 6) is -1.02. The van der Waals surface area contributed by atoms with Gasteiger partial charge in [0.25, 0.3) is 5.91 Å². The van der Waals surface area contributed by atoms with E-state index in [0.717, 1.165) is 0 Å². The SMILES string of the molecule is CC(Oc1ccc(/C=N/NC(=O)c2ccccc2Cl)cc1)C(=O)O. The van der Waals surface area contributed by atoms with Crippen LogP contribution in [0.2, 0.25) is 5.02 Å². The third-order valence-electron chi connectivity index (χ3n) is 3.04. The van der Waals surface area contributed by atoms with Crippen LogP contribution in [0.5, 0.6) is 5.75 Å². The van der Waals surface area contributed by atoms with Crippen LogP contribution in [0, 0.1) is 0 Å². The molecule has 0 spiro atoms. The van der Waals surface area contributed by atoms with Crippen molar-refractivity contribution in [3.63, 3.8) is 0 Å². The van der Waals surface area contributed by atoms with Crippen molar-refractivity contribution in [3.05, 3.63) is 64.7 Å². The highest BCUT2D eigenvalue weighted by Gasteiger charge is 2.12. The summed E-state index contributed by atoms with van der Waals surface area (Å²) in [6.45, 7) is 1.45. The van der Waals surface area contributed by atoms with Gasteiger partial charge in [-0.1, -0.05) is 23.7 Å². The first-order chi connectivity index (χ1) is 11.5. The maximum absolute atomic E-state index is 11.9. The van der Waals surface area contributed by atoms with Crippen LogP contribution >= 0.6 is 11.6 Å². The van der Waals surface area contributed by atoms with Gasteiger partial charge in [0.2, 0.25) is 0 Å². The zero-order valence-corrected chi connectivity index (χ0v) is 13.5. The maximum atomic E-state index is 11.9. The lowest BCUT2D eigenvalue weighted by atomic mass is 10.2. The van der Waals surface area contributed by atoms with E-state index in [1.54, 1.807) is 48.5 Å². The second kappa shape index (κ2) is 8.12. The van der Waals surface area contributed by atoms with Crippen molar-refractivity contribution in [2.24, 2.45) is 5.10 Å². The van der Waals surface area contributed by atoms with Crippen LogP contribution in [0.3, 0.4) is 0 Å². The normalized spacial score (nSPS) is 11.9. The smallest absolute Gasteiger partial charge is 0.344 e. The third-order valence-corrected chi connectivity index (χ3v) is 3.37. The van der Waals surface area contributed by atoms with Crippen LogP contribution in [-0.4, -0.2) is 29.3 Å². The summed E-state index contributed by atoms with van der Waals surface area (Å²) in [6.07, 6.45) is 0.526. The lowest BCUT2D eigenvalue weighted by Crippen LogP contribution is -2.22. The Hall–Kier alpha value is -2.86. The lowest BCUT2D eigenvalue weighted by Gasteiger charge is -2.09. The van der Waals surface area contributed by atoms with Crippen LogP contribution < -0.4 is 10.2 Å². The van der Waals surface area contributed by atoms with Gasteiger partial charge in [-0.15, -0.1) is 0 Å². The largest absolute Gasteiger partial charge is 0.479 e. The molecular formula is C17H15ClN2O4. The molecule has 1 atom stereocenters. The summed E-state index contributed by atoms with van der Waals surface area (Å²) in [5, 5.41) is 13.0. The topological polar surface area (TPSA) is 88.0 Å². The number of ether oxygens (including phenoxy) is 1. The summed E-state index contributed by atoms with van der Waals surface area (Å²) in [5.41, 5.74) is 3.44. The highest BCUT2D eigenvalue weighted by atomic mass is 35.5. The van der Waals surface area contributed by atoms with Crippen LogP contribution in [0.25, 0.3) is 0 Å². The average molecular weight is 347 g/mol. The molecule has 0 radical (unpaired) electrons. The fourth-order valence-electron chi connectivity index (χ4n) is 1.76. The number of nitrogens with one attached hydrogen (secondary N) is 1. The molecular weight excluding hydrogens is 332 g/mol. The van der Waals surface area contributed by atoms with Crippen LogP contribution in [0.4, 0.5) is 0 Å². The number of benzene rings is 2. The number of aliphatic carboxylic acids is 1. The maximum Gasteiger partial charge on any atom is 0.344 e. The van der Waals surface area contributed by atoms with Gasteiger partial charge in [0.1, 0.15) is 5.75 Å². The molecule has 1 amide bonds. The minimum Gasteiger partial charge on any atom is -0.479 e. The summed E-state index contributed by atoms with van der Waals surface area (Å²) >= 11 is 5.93. The Morgan fingerprint density at radius 3 is 2.50 bits per heavy atom. The van der Waals surface area contributed by atoms with Crippen molar-refractivity contribution in [1.29, 1.82) is 0 Å². The Balaban J connectivity index is 1.94. The van der Waals surface area contributed by atoms with Crippen LogP contribution in [0.1, 0.15) is 22.8 Å². The van der Waals surface area contributed by atoms with Crippen molar-refractivity contribution in [1.82, 2.24) is 5.43 Å². The van der Waals surface area contributed by atoms with E-state index in [2.05, 4.69) is 10.5 Å². The fourth-order valence-corrected chi connectivity index (χ4v) is 1.98. The van der Waals surface area contributed by atoms with E-state index in [-0.39, 0.29) is 0 Å². The average Bonchev–Trinajstić information content (AvgIpc) is 2.56. The van der Waals surface area contributed by atoms with Crippen LogP contribution in [-0.2, 0) is 4.79 Å². The predicted molar refractivity (Wildman–Crippen MR) is 90.7 cm³/mol. The number of halogens is 1.